The van der Waals surface area contributed by atoms with Crippen LogP contribution >= 0.6 is 11.6 Å². The van der Waals surface area contributed by atoms with Gasteiger partial charge in [-0.15, -0.1) is 0 Å². The summed E-state index contributed by atoms with van der Waals surface area (Å²) in [5, 5.41) is 11.6. The third-order valence-electron chi connectivity index (χ3n) is 5.94. The molecule has 1 saturated heterocycles. The van der Waals surface area contributed by atoms with Crippen LogP contribution < -0.4 is 14.4 Å². The summed E-state index contributed by atoms with van der Waals surface area (Å²) in [6.07, 6.45) is 0. The number of methoxy groups -OCH3 is 2. The Labute approximate surface area is 218 Å². The second kappa shape index (κ2) is 10.8. The lowest BCUT2D eigenvalue weighted by Crippen LogP contribution is -2.29. The molecule has 1 heterocycles. The minimum absolute atomic E-state index is 0.124. The molecule has 1 amide bonds. The van der Waals surface area contributed by atoms with E-state index in [0.717, 1.165) is 0 Å². The highest BCUT2D eigenvalue weighted by atomic mass is 35.5. The van der Waals surface area contributed by atoms with Gasteiger partial charge in [-0.1, -0.05) is 29.8 Å². The summed E-state index contributed by atoms with van der Waals surface area (Å²) >= 11 is 6.13. The summed E-state index contributed by atoms with van der Waals surface area (Å²) in [6.45, 7) is 1.87. The first-order valence-electron chi connectivity index (χ1n) is 11.4. The average Bonchev–Trinajstić information content (AvgIpc) is 3.18. The standard InChI is InChI=1S/C28H24ClNO7/c1-4-37-28(34)18-6-5-7-19(14-18)30-24(16-8-11-20(35-2)12-9-16)23(26(32)27(30)33)25(31)17-10-13-21(29)22(15-17)36-3/h5-15,24,31H,4H2,1-3H3/b25-23+. The minimum Gasteiger partial charge on any atom is -0.507 e. The molecule has 4 rings (SSSR count). The second-order valence-corrected chi connectivity index (χ2v) is 8.47. The molecular weight excluding hydrogens is 498 g/mol. The smallest absolute Gasteiger partial charge is 0.338 e. The fourth-order valence-corrected chi connectivity index (χ4v) is 4.35. The lowest BCUT2D eigenvalue weighted by Gasteiger charge is -2.26. The van der Waals surface area contributed by atoms with E-state index in [1.54, 1.807) is 49.4 Å². The van der Waals surface area contributed by atoms with Crippen molar-refractivity contribution in [3.8, 4) is 11.5 Å². The van der Waals surface area contributed by atoms with Crippen LogP contribution in [0, 0.1) is 0 Å². The van der Waals surface area contributed by atoms with Crippen molar-refractivity contribution in [1.82, 2.24) is 0 Å². The van der Waals surface area contributed by atoms with E-state index in [0.29, 0.717) is 27.8 Å². The fraction of sp³-hybridized carbons (Fsp3) is 0.179. The molecule has 1 aliphatic rings. The highest BCUT2D eigenvalue weighted by molar-refractivity contribution is 6.51. The molecule has 0 radical (unpaired) electrons. The van der Waals surface area contributed by atoms with Crippen molar-refractivity contribution in [1.29, 1.82) is 0 Å². The Balaban J connectivity index is 1.92. The third kappa shape index (κ3) is 4.88. The number of ketones is 1. The molecular formula is C28H24ClNO7. The Morgan fingerprint density at radius 2 is 1.70 bits per heavy atom. The molecule has 190 valence electrons. The van der Waals surface area contributed by atoms with Crippen molar-refractivity contribution in [3.63, 3.8) is 0 Å². The number of esters is 1. The van der Waals surface area contributed by atoms with Crippen LogP contribution in [0.1, 0.15) is 34.5 Å². The van der Waals surface area contributed by atoms with Crippen molar-refractivity contribution in [2.75, 3.05) is 25.7 Å². The largest absolute Gasteiger partial charge is 0.507 e. The van der Waals surface area contributed by atoms with Crippen molar-refractivity contribution in [2.24, 2.45) is 0 Å². The number of aliphatic hydroxyl groups is 1. The minimum atomic E-state index is -0.995. The normalized spacial score (nSPS) is 16.5. The SMILES string of the molecule is CCOC(=O)c1cccc(N2C(=O)C(=O)/C(=C(/O)c3ccc(Cl)c(OC)c3)C2c2ccc(OC)cc2)c1. The summed E-state index contributed by atoms with van der Waals surface area (Å²) in [5.41, 5.74) is 1.18. The number of carbonyl (C=O) groups excluding carboxylic acids is 3. The first-order valence-corrected chi connectivity index (χ1v) is 11.7. The van der Waals surface area contributed by atoms with Gasteiger partial charge in [0.1, 0.15) is 17.3 Å². The monoisotopic (exact) mass is 521 g/mol. The van der Waals surface area contributed by atoms with E-state index in [4.69, 9.17) is 25.8 Å². The Morgan fingerprint density at radius 3 is 2.35 bits per heavy atom. The summed E-state index contributed by atoms with van der Waals surface area (Å²) in [4.78, 5) is 40.4. The van der Waals surface area contributed by atoms with Gasteiger partial charge in [0.05, 0.1) is 43.0 Å². The molecule has 1 fully saturated rings. The van der Waals surface area contributed by atoms with Crippen LogP contribution in [0.3, 0.4) is 0 Å². The molecule has 1 aliphatic heterocycles. The zero-order valence-electron chi connectivity index (χ0n) is 20.4. The Hall–Kier alpha value is -4.30. The molecule has 1 atom stereocenters. The van der Waals surface area contributed by atoms with Gasteiger partial charge < -0.3 is 19.3 Å². The highest BCUT2D eigenvalue weighted by Gasteiger charge is 2.47. The van der Waals surface area contributed by atoms with Crippen LogP contribution in [0.2, 0.25) is 5.02 Å². The molecule has 0 aliphatic carbocycles. The molecule has 3 aromatic rings. The number of hydrogen-bond acceptors (Lipinski definition) is 7. The maximum absolute atomic E-state index is 13.4. The molecule has 8 nitrogen and oxygen atoms in total. The predicted molar refractivity (Wildman–Crippen MR) is 138 cm³/mol. The Bertz CT molecular complexity index is 1400. The topological polar surface area (TPSA) is 102 Å². The molecule has 37 heavy (non-hydrogen) atoms. The molecule has 0 spiro atoms. The number of anilines is 1. The van der Waals surface area contributed by atoms with Crippen LogP contribution in [0.4, 0.5) is 5.69 Å². The van der Waals surface area contributed by atoms with E-state index in [1.165, 1.54) is 43.4 Å². The van der Waals surface area contributed by atoms with Crippen LogP contribution in [0.25, 0.3) is 5.76 Å². The van der Waals surface area contributed by atoms with E-state index < -0.39 is 29.5 Å². The summed E-state index contributed by atoms with van der Waals surface area (Å²) in [7, 11) is 2.95. The number of ether oxygens (including phenoxy) is 3. The van der Waals surface area contributed by atoms with Crippen molar-refractivity contribution in [2.45, 2.75) is 13.0 Å². The van der Waals surface area contributed by atoms with Crippen molar-refractivity contribution < 1.29 is 33.7 Å². The maximum Gasteiger partial charge on any atom is 0.338 e. The molecule has 1 N–H and O–H groups in total. The fourth-order valence-electron chi connectivity index (χ4n) is 4.16. The van der Waals surface area contributed by atoms with E-state index in [1.807, 2.05) is 0 Å². The number of benzene rings is 3. The number of nitrogens with zero attached hydrogens (tertiary/aromatic N) is 1. The van der Waals surface area contributed by atoms with Gasteiger partial charge in [0.15, 0.2) is 0 Å². The van der Waals surface area contributed by atoms with Gasteiger partial charge in [-0.05, 0) is 61.0 Å². The summed E-state index contributed by atoms with van der Waals surface area (Å²) in [6, 6.07) is 16.6. The first kappa shape index (κ1) is 25.8. The Kier molecular flexibility index (Phi) is 7.50. The van der Waals surface area contributed by atoms with Gasteiger partial charge >= 0.3 is 5.97 Å². The van der Waals surface area contributed by atoms with Gasteiger partial charge in [0.25, 0.3) is 11.7 Å². The predicted octanol–water partition coefficient (Wildman–Crippen LogP) is 5.16. The molecule has 9 heteroatoms. The number of hydrogen-bond donors (Lipinski definition) is 1. The number of amides is 1. The van der Waals surface area contributed by atoms with E-state index in [-0.39, 0.29) is 23.3 Å². The zero-order chi connectivity index (χ0) is 26.7. The lowest BCUT2D eigenvalue weighted by molar-refractivity contribution is -0.132. The van der Waals surface area contributed by atoms with Gasteiger partial charge in [-0.2, -0.15) is 0 Å². The van der Waals surface area contributed by atoms with Crippen LogP contribution in [0.15, 0.2) is 72.3 Å². The molecule has 1 unspecified atom stereocenters. The van der Waals surface area contributed by atoms with Crippen LogP contribution in [-0.2, 0) is 14.3 Å². The van der Waals surface area contributed by atoms with Gasteiger partial charge in [-0.3, -0.25) is 14.5 Å². The van der Waals surface area contributed by atoms with E-state index in [9.17, 15) is 19.5 Å². The number of carbonyl (C=O) groups is 3. The third-order valence-corrected chi connectivity index (χ3v) is 6.25. The molecule has 3 aromatic carbocycles. The molecule has 0 aromatic heterocycles. The van der Waals surface area contributed by atoms with Gasteiger partial charge in [0, 0.05) is 11.3 Å². The number of halogens is 1. The van der Waals surface area contributed by atoms with Crippen molar-refractivity contribution in [3.05, 3.63) is 94.0 Å². The average molecular weight is 522 g/mol. The van der Waals surface area contributed by atoms with Crippen LogP contribution in [0.5, 0.6) is 11.5 Å². The van der Waals surface area contributed by atoms with Gasteiger partial charge in [0.2, 0.25) is 0 Å². The lowest BCUT2D eigenvalue weighted by atomic mass is 9.95. The van der Waals surface area contributed by atoms with E-state index >= 15 is 0 Å². The molecule has 0 bridgehead atoms. The second-order valence-electron chi connectivity index (χ2n) is 8.06. The molecule has 0 saturated carbocycles. The van der Waals surface area contributed by atoms with Crippen molar-refractivity contribution >= 4 is 40.7 Å². The maximum atomic E-state index is 13.4. The van der Waals surface area contributed by atoms with E-state index in [2.05, 4.69) is 0 Å². The summed E-state index contributed by atoms with van der Waals surface area (Å²) in [5.74, 6) is -1.82. The Morgan fingerprint density at radius 1 is 0.973 bits per heavy atom. The number of Topliss-reactive ketones (excluding diaryl/α,β-unsaturated/α-hetero) is 1. The van der Waals surface area contributed by atoms with Gasteiger partial charge in [-0.25, -0.2) is 4.79 Å². The zero-order valence-corrected chi connectivity index (χ0v) is 21.1. The first-order chi connectivity index (χ1) is 17.8. The van der Waals surface area contributed by atoms with Crippen LogP contribution in [-0.4, -0.2) is 43.6 Å². The quantitative estimate of drug-likeness (QED) is 0.198. The number of aliphatic hydroxyl groups excluding tert-OH is 1. The highest BCUT2D eigenvalue weighted by Crippen LogP contribution is 2.43. The number of rotatable bonds is 7. The summed E-state index contributed by atoms with van der Waals surface area (Å²) < 4.78 is 15.6.